The molecule has 1 aliphatic heterocycles. The van der Waals surface area contributed by atoms with E-state index < -0.39 is 6.10 Å². The van der Waals surface area contributed by atoms with Gasteiger partial charge >= 0.3 is 0 Å². The molecule has 2 aromatic rings. The molecule has 0 aromatic heterocycles. The predicted molar refractivity (Wildman–Crippen MR) is 68.3 cm³/mol. The zero-order valence-electron chi connectivity index (χ0n) is 10.0. The first kappa shape index (κ1) is 11.6. The van der Waals surface area contributed by atoms with E-state index in [1.165, 1.54) is 18.2 Å². The molecule has 0 fully saturated rings. The van der Waals surface area contributed by atoms with E-state index in [4.69, 9.17) is 4.74 Å². The molecule has 4 nitrogen and oxygen atoms in total. The molecule has 1 unspecified atom stereocenters. The monoisotopic (exact) mass is 256 g/mol. The van der Waals surface area contributed by atoms with Gasteiger partial charge in [0.25, 0.3) is 0 Å². The molecule has 4 heteroatoms. The Hall–Kier alpha value is -2.49. The van der Waals surface area contributed by atoms with Crippen molar-refractivity contribution in [2.75, 3.05) is 0 Å². The summed E-state index contributed by atoms with van der Waals surface area (Å²) >= 11 is 0. The van der Waals surface area contributed by atoms with Crippen molar-refractivity contribution in [3.63, 3.8) is 0 Å². The van der Waals surface area contributed by atoms with Crippen molar-refractivity contribution in [2.45, 2.75) is 12.5 Å². The van der Waals surface area contributed by atoms with Gasteiger partial charge in [0.15, 0.2) is 11.9 Å². The predicted octanol–water partition coefficient (Wildman–Crippen LogP) is 2.34. The summed E-state index contributed by atoms with van der Waals surface area (Å²) in [5, 5.41) is 19.1. The van der Waals surface area contributed by atoms with Crippen molar-refractivity contribution in [1.29, 1.82) is 0 Å². The molecule has 0 spiro atoms. The minimum Gasteiger partial charge on any atom is -0.508 e. The SMILES string of the molecule is O=C1Cc2ccccc2OC1c1ccc(O)cc1O. The fraction of sp³-hybridized carbons (Fsp3) is 0.133. The maximum Gasteiger partial charge on any atom is 0.186 e. The molecule has 0 saturated heterocycles. The molecule has 0 bridgehead atoms. The molecule has 1 heterocycles. The van der Waals surface area contributed by atoms with E-state index in [-0.39, 0.29) is 23.7 Å². The van der Waals surface area contributed by atoms with E-state index in [1.54, 1.807) is 6.07 Å². The molecule has 0 saturated carbocycles. The molecule has 3 rings (SSSR count). The first-order chi connectivity index (χ1) is 9.15. The molecule has 19 heavy (non-hydrogen) atoms. The number of carbonyl (C=O) groups is 1. The lowest BCUT2D eigenvalue weighted by molar-refractivity contribution is -0.126. The molecule has 2 aromatic carbocycles. The zero-order chi connectivity index (χ0) is 13.4. The van der Waals surface area contributed by atoms with E-state index in [0.29, 0.717) is 11.3 Å². The normalized spacial score (nSPS) is 17.7. The highest BCUT2D eigenvalue weighted by Gasteiger charge is 2.30. The van der Waals surface area contributed by atoms with E-state index in [2.05, 4.69) is 0 Å². The lowest BCUT2D eigenvalue weighted by Crippen LogP contribution is -2.25. The second-order valence-corrected chi connectivity index (χ2v) is 4.49. The van der Waals surface area contributed by atoms with Gasteiger partial charge < -0.3 is 14.9 Å². The van der Waals surface area contributed by atoms with Gasteiger partial charge in [0.1, 0.15) is 17.2 Å². The van der Waals surface area contributed by atoms with E-state index in [9.17, 15) is 15.0 Å². The highest BCUT2D eigenvalue weighted by molar-refractivity contribution is 5.89. The number of benzene rings is 2. The van der Waals surface area contributed by atoms with Crippen LogP contribution in [-0.4, -0.2) is 16.0 Å². The molecule has 96 valence electrons. The third-order valence-electron chi connectivity index (χ3n) is 3.17. The number of fused-ring (bicyclic) bond motifs is 1. The number of aromatic hydroxyl groups is 2. The van der Waals surface area contributed by atoms with Crippen LogP contribution in [0.3, 0.4) is 0 Å². The van der Waals surface area contributed by atoms with Crippen molar-refractivity contribution < 1.29 is 19.7 Å². The number of Topliss-reactive ketones (excluding diaryl/α,β-unsaturated/α-hetero) is 1. The summed E-state index contributed by atoms with van der Waals surface area (Å²) in [6.45, 7) is 0. The topological polar surface area (TPSA) is 66.8 Å². The van der Waals surface area contributed by atoms with E-state index in [0.717, 1.165) is 5.56 Å². The first-order valence-electron chi connectivity index (χ1n) is 5.94. The summed E-state index contributed by atoms with van der Waals surface area (Å²) in [5.41, 5.74) is 1.22. The van der Waals surface area contributed by atoms with E-state index >= 15 is 0 Å². The van der Waals surface area contributed by atoms with Gasteiger partial charge in [0.05, 0.1) is 0 Å². The Kier molecular flexibility index (Phi) is 2.63. The van der Waals surface area contributed by atoms with Crippen molar-refractivity contribution in [3.05, 3.63) is 53.6 Å². The Bertz CT molecular complexity index is 648. The molecule has 2 N–H and O–H groups in total. The van der Waals surface area contributed by atoms with Gasteiger partial charge in [0, 0.05) is 23.6 Å². The summed E-state index contributed by atoms with van der Waals surface area (Å²) in [4.78, 5) is 12.1. The second-order valence-electron chi connectivity index (χ2n) is 4.49. The zero-order valence-corrected chi connectivity index (χ0v) is 10.0. The van der Waals surface area contributed by atoms with Gasteiger partial charge in [-0.15, -0.1) is 0 Å². The Morgan fingerprint density at radius 1 is 1.11 bits per heavy atom. The average Bonchev–Trinajstić information content (AvgIpc) is 2.38. The third-order valence-corrected chi connectivity index (χ3v) is 3.17. The molecule has 1 aliphatic rings. The van der Waals surface area contributed by atoms with Gasteiger partial charge in [-0.05, 0) is 18.2 Å². The second kappa shape index (κ2) is 4.31. The van der Waals surface area contributed by atoms with Crippen LogP contribution >= 0.6 is 0 Å². The van der Waals surface area contributed by atoms with Crippen molar-refractivity contribution in [1.82, 2.24) is 0 Å². The standard InChI is InChI=1S/C15H12O4/c16-10-5-6-11(12(17)8-10)15-13(18)7-9-3-1-2-4-14(9)19-15/h1-6,8,15-17H,7H2. The molecule has 0 radical (unpaired) electrons. The largest absolute Gasteiger partial charge is 0.508 e. The number of phenolic OH excluding ortho intramolecular Hbond substituents is 2. The summed E-state index contributed by atoms with van der Waals surface area (Å²) in [6, 6.07) is 11.5. The number of carbonyl (C=O) groups excluding carboxylic acids is 1. The number of ketones is 1. The van der Waals surface area contributed by atoms with Crippen molar-refractivity contribution >= 4 is 5.78 Å². The number of hydrogen-bond donors (Lipinski definition) is 2. The Morgan fingerprint density at radius 3 is 2.68 bits per heavy atom. The minimum atomic E-state index is -0.824. The van der Waals surface area contributed by atoms with Crippen LogP contribution in [0.2, 0.25) is 0 Å². The minimum absolute atomic E-state index is 0.0510. The fourth-order valence-corrected chi connectivity index (χ4v) is 2.23. The third kappa shape index (κ3) is 2.01. The van der Waals surface area contributed by atoms with Crippen LogP contribution < -0.4 is 4.74 Å². The van der Waals surface area contributed by atoms with Gasteiger partial charge in [-0.3, -0.25) is 4.79 Å². The molecular formula is C15H12O4. The van der Waals surface area contributed by atoms with E-state index in [1.807, 2.05) is 18.2 Å². The fourth-order valence-electron chi connectivity index (χ4n) is 2.23. The Morgan fingerprint density at radius 2 is 1.89 bits per heavy atom. The first-order valence-corrected chi connectivity index (χ1v) is 5.94. The number of ether oxygens (including phenoxy) is 1. The maximum absolute atomic E-state index is 12.1. The summed E-state index contributed by atoms with van der Waals surface area (Å²) in [7, 11) is 0. The van der Waals surface area contributed by atoms with Gasteiger partial charge in [-0.1, -0.05) is 18.2 Å². The quantitative estimate of drug-likeness (QED) is 0.821. The summed E-state index contributed by atoms with van der Waals surface area (Å²) in [5.74, 6) is 0.349. The highest BCUT2D eigenvalue weighted by atomic mass is 16.5. The van der Waals surface area contributed by atoms with Crippen LogP contribution in [-0.2, 0) is 11.2 Å². The highest BCUT2D eigenvalue weighted by Crippen LogP contribution is 2.36. The smallest absolute Gasteiger partial charge is 0.186 e. The van der Waals surface area contributed by atoms with Crippen molar-refractivity contribution in [3.8, 4) is 17.2 Å². The molecule has 0 aliphatic carbocycles. The van der Waals surface area contributed by atoms with Crippen molar-refractivity contribution in [2.24, 2.45) is 0 Å². The molecular weight excluding hydrogens is 244 g/mol. The van der Waals surface area contributed by atoms with Crippen LogP contribution in [0.1, 0.15) is 17.2 Å². The maximum atomic E-state index is 12.1. The van der Waals surface area contributed by atoms with Crippen LogP contribution in [0, 0.1) is 0 Å². The number of para-hydroxylation sites is 1. The average molecular weight is 256 g/mol. The lowest BCUT2D eigenvalue weighted by Gasteiger charge is -2.25. The van der Waals surface area contributed by atoms with Gasteiger partial charge in [-0.25, -0.2) is 0 Å². The lowest BCUT2D eigenvalue weighted by atomic mass is 9.95. The summed E-state index contributed by atoms with van der Waals surface area (Å²) in [6.07, 6.45) is -0.545. The van der Waals surface area contributed by atoms with Crippen LogP contribution in [0.15, 0.2) is 42.5 Å². The summed E-state index contributed by atoms with van der Waals surface area (Å²) < 4.78 is 5.66. The number of rotatable bonds is 1. The molecule has 1 atom stereocenters. The van der Waals surface area contributed by atoms with Gasteiger partial charge in [-0.2, -0.15) is 0 Å². The number of phenols is 2. The Balaban J connectivity index is 2.01. The van der Waals surface area contributed by atoms with Crippen LogP contribution in [0.4, 0.5) is 0 Å². The van der Waals surface area contributed by atoms with Crippen LogP contribution in [0.25, 0.3) is 0 Å². The van der Waals surface area contributed by atoms with Crippen LogP contribution in [0.5, 0.6) is 17.2 Å². The van der Waals surface area contributed by atoms with Gasteiger partial charge in [0.2, 0.25) is 0 Å². The Labute approximate surface area is 109 Å². The molecule has 0 amide bonds. The number of hydrogen-bond acceptors (Lipinski definition) is 4.